The maximum Gasteiger partial charge on any atom is 0.321 e. The van der Waals surface area contributed by atoms with Gasteiger partial charge in [0.1, 0.15) is 10.9 Å². The Kier molecular flexibility index (Phi) is 3.13. The predicted molar refractivity (Wildman–Crippen MR) is 60.3 cm³/mol. The molecule has 2 aromatic heterocycles. The summed E-state index contributed by atoms with van der Waals surface area (Å²) in [4.78, 5) is 16.8. The molecule has 15 heavy (non-hydrogen) atoms. The van der Waals surface area contributed by atoms with Gasteiger partial charge in [-0.25, -0.2) is 4.98 Å². The van der Waals surface area contributed by atoms with Crippen LogP contribution >= 0.6 is 22.7 Å². The number of esters is 1. The summed E-state index contributed by atoms with van der Waals surface area (Å²) in [6.45, 7) is 0. The number of thiazole rings is 1. The average Bonchev–Trinajstić information content (AvgIpc) is 2.90. The molecule has 2 heterocycles. The highest BCUT2D eigenvalue weighted by molar-refractivity contribution is 7.11. The molecule has 0 N–H and O–H groups in total. The van der Waals surface area contributed by atoms with Crippen LogP contribution in [0.5, 0.6) is 0 Å². The first-order valence-electron chi connectivity index (χ1n) is 4.33. The summed E-state index contributed by atoms with van der Waals surface area (Å²) in [6.07, 6.45) is 1.70. The molecule has 0 aliphatic heterocycles. The molecule has 0 spiro atoms. The lowest BCUT2D eigenvalue weighted by molar-refractivity contribution is -0.141. The molecule has 1 unspecified atom stereocenters. The number of carbonyl (C=O) groups excluding carboxylic acids is 1. The van der Waals surface area contributed by atoms with Crippen LogP contribution in [0.3, 0.4) is 0 Å². The first kappa shape index (κ1) is 10.3. The lowest BCUT2D eigenvalue weighted by Gasteiger charge is -2.09. The molecule has 0 aliphatic carbocycles. The lowest BCUT2D eigenvalue weighted by Crippen LogP contribution is -2.14. The molecule has 0 fully saturated rings. The first-order chi connectivity index (χ1) is 7.33. The summed E-state index contributed by atoms with van der Waals surface area (Å²) in [7, 11) is 1.40. The predicted octanol–water partition coefficient (Wildman–Crippen LogP) is 2.51. The van der Waals surface area contributed by atoms with Gasteiger partial charge in [-0.05, 0) is 11.4 Å². The zero-order chi connectivity index (χ0) is 10.7. The first-order valence-corrected chi connectivity index (χ1v) is 6.09. The van der Waals surface area contributed by atoms with Crippen LogP contribution in [0, 0.1) is 0 Å². The SMILES string of the molecule is COC(=O)C(c1cccs1)c1nccs1. The fraction of sp³-hybridized carbons (Fsp3) is 0.200. The maximum atomic E-state index is 11.7. The molecule has 0 bridgehead atoms. The molecule has 0 aromatic carbocycles. The van der Waals surface area contributed by atoms with Gasteiger partial charge >= 0.3 is 5.97 Å². The monoisotopic (exact) mass is 239 g/mol. The third kappa shape index (κ3) is 2.08. The third-order valence-corrected chi connectivity index (χ3v) is 3.74. The van der Waals surface area contributed by atoms with Gasteiger partial charge in [0.2, 0.25) is 0 Å². The molecule has 0 amide bonds. The standard InChI is InChI=1S/C10H9NO2S2/c1-13-10(12)8(7-3-2-5-14-7)9-11-4-6-15-9/h2-6,8H,1H3. The molecule has 3 nitrogen and oxygen atoms in total. The molecule has 2 rings (SSSR count). The van der Waals surface area contributed by atoms with E-state index in [4.69, 9.17) is 4.74 Å². The van der Waals surface area contributed by atoms with E-state index in [2.05, 4.69) is 4.98 Å². The second-order valence-electron chi connectivity index (χ2n) is 2.84. The largest absolute Gasteiger partial charge is 0.468 e. The summed E-state index contributed by atoms with van der Waals surface area (Å²) < 4.78 is 4.79. The topological polar surface area (TPSA) is 39.2 Å². The zero-order valence-electron chi connectivity index (χ0n) is 8.04. The number of thiophene rings is 1. The molecule has 0 aliphatic rings. The van der Waals surface area contributed by atoms with Crippen LogP contribution in [0.2, 0.25) is 0 Å². The highest BCUT2D eigenvalue weighted by Gasteiger charge is 2.26. The highest BCUT2D eigenvalue weighted by atomic mass is 32.1. The van der Waals surface area contributed by atoms with Crippen LogP contribution in [0.25, 0.3) is 0 Å². The van der Waals surface area contributed by atoms with E-state index < -0.39 is 0 Å². The summed E-state index contributed by atoms with van der Waals surface area (Å²) >= 11 is 3.01. The average molecular weight is 239 g/mol. The Morgan fingerprint density at radius 1 is 1.47 bits per heavy atom. The van der Waals surface area contributed by atoms with Crippen molar-refractivity contribution in [1.82, 2.24) is 4.98 Å². The van der Waals surface area contributed by atoms with Gasteiger partial charge in [0.15, 0.2) is 0 Å². The van der Waals surface area contributed by atoms with Crippen molar-refractivity contribution in [2.45, 2.75) is 5.92 Å². The van der Waals surface area contributed by atoms with E-state index in [1.807, 2.05) is 22.9 Å². The van der Waals surface area contributed by atoms with Crippen molar-refractivity contribution in [2.24, 2.45) is 0 Å². The molecule has 0 saturated carbocycles. The fourth-order valence-electron chi connectivity index (χ4n) is 1.29. The van der Waals surface area contributed by atoms with Gasteiger partial charge in [-0.2, -0.15) is 0 Å². The van der Waals surface area contributed by atoms with Crippen molar-refractivity contribution in [1.29, 1.82) is 0 Å². The zero-order valence-corrected chi connectivity index (χ0v) is 9.68. The molecule has 2 aromatic rings. The third-order valence-electron chi connectivity index (χ3n) is 1.96. The van der Waals surface area contributed by atoms with Gasteiger partial charge in [-0.1, -0.05) is 6.07 Å². The van der Waals surface area contributed by atoms with Crippen LogP contribution < -0.4 is 0 Å². The molecule has 78 valence electrons. The van der Waals surface area contributed by atoms with Gasteiger partial charge in [0.05, 0.1) is 7.11 Å². The number of aromatic nitrogens is 1. The van der Waals surface area contributed by atoms with Gasteiger partial charge in [0.25, 0.3) is 0 Å². The summed E-state index contributed by atoms with van der Waals surface area (Å²) in [6, 6.07) is 3.84. The van der Waals surface area contributed by atoms with E-state index in [0.717, 1.165) is 9.88 Å². The summed E-state index contributed by atoms with van der Waals surface area (Å²) in [5, 5.41) is 4.59. The van der Waals surface area contributed by atoms with Crippen LogP contribution in [0.1, 0.15) is 15.8 Å². The lowest BCUT2D eigenvalue weighted by atomic mass is 10.1. The van der Waals surface area contributed by atoms with Gasteiger partial charge in [0, 0.05) is 16.5 Å². The Labute approximate surface area is 95.4 Å². The van der Waals surface area contributed by atoms with Gasteiger partial charge in [-0.15, -0.1) is 22.7 Å². The van der Waals surface area contributed by atoms with Crippen LogP contribution in [-0.2, 0) is 9.53 Å². The minimum atomic E-state index is -0.366. The Balaban J connectivity index is 2.37. The Morgan fingerprint density at radius 2 is 2.33 bits per heavy atom. The number of rotatable bonds is 3. The summed E-state index contributed by atoms with van der Waals surface area (Å²) in [5.41, 5.74) is 0. The van der Waals surface area contributed by atoms with E-state index in [1.165, 1.54) is 29.8 Å². The van der Waals surface area contributed by atoms with Crippen molar-refractivity contribution in [3.05, 3.63) is 39.0 Å². The normalized spacial score (nSPS) is 12.3. The van der Waals surface area contributed by atoms with Crippen LogP contribution in [0.15, 0.2) is 29.1 Å². The number of hydrogen-bond acceptors (Lipinski definition) is 5. The Hall–Kier alpha value is -1.20. The molecular weight excluding hydrogens is 230 g/mol. The van der Waals surface area contributed by atoms with Gasteiger partial charge in [-0.3, -0.25) is 4.79 Å². The molecule has 5 heteroatoms. The molecular formula is C10H9NO2S2. The van der Waals surface area contributed by atoms with Crippen LogP contribution in [0.4, 0.5) is 0 Å². The quantitative estimate of drug-likeness (QED) is 0.773. The maximum absolute atomic E-state index is 11.7. The number of nitrogens with zero attached hydrogens (tertiary/aromatic N) is 1. The van der Waals surface area contributed by atoms with Crippen molar-refractivity contribution in [2.75, 3.05) is 7.11 Å². The molecule has 0 radical (unpaired) electrons. The second kappa shape index (κ2) is 4.55. The van der Waals surface area contributed by atoms with E-state index >= 15 is 0 Å². The smallest absolute Gasteiger partial charge is 0.321 e. The number of methoxy groups -OCH3 is 1. The van der Waals surface area contributed by atoms with Crippen molar-refractivity contribution in [3.63, 3.8) is 0 Å². The van der Waals surface area contributed by atoms with E-state index in [0.29, 0.717) is 0 Å². The van der Waals surface area contributed by atoms with Crippen molar-refractivity contribution in [3.8, 4) is 0 Å². The number of ether oxygens (including phenoxy) is 1. The molecule has 0 saturated heterocycles. The summed E-state index contributed by atoms with van der Waals surface area (Å²) in [5.74, 6) is -0.623. The minimum Gasteiger partial charge on any atom is -0.468 e. The van der Waals surface area contributed by atoms with Crippen LogP contribution in [-0.4, -0.2) is 18.1 Å². The molecule has 1 atom stereocenters. The van der Waals surface area contributed by atoms with Crippen molar-refractivity contribution >= 4 is 28.6 Å². The Morgan fingerprint density at radius 3 is 2.87 bits per heavy atom. The fourth-order valence-corrected chi connectivity index (χ4v) is 2.92. The van der Waals surface area contributed by atoms with Crippen molar-refractivity contribution < 1.29 is 9.53 Å². The minimum absolute atomic E-state index is 0.257. The van der Waals surface area contributed by atoms with Gasteiger partial charge < -0.3 is 4.74 Å². The highest BCUT2D eigenvalue weighted by Crippen LogP contribution is 2.30. The van der Waals surface area contributed by atoms with E-state index in [1.54, 1.807) is 6.20 Å². The van der Waals surface area contributed by atoms with E-state index in [-0.39, 0.29) is 11.9 Å². The number of carbonyl (C=O) groups is 1. The second-order valence-corrected chi connectivity index (χ2v) is 4.75. The van der Waals surface area contributed by atoms with E-state index in [9.17, 15) is 4.79 Å². The Bertz CT molecular complexity index is 388. The number of hydrogen-bond donors (Lipinski definition) is 0.